The third-order valence-corrected chi connectivity index (χ3v) is 2.20. The monoisotopic (exact) mass is 187 g/mol. The lowest BCUT2D eigenvalue weighted by atomic mass is 10.8. The average Bonchev–Trinajstić information content (AvgIpc) is 1.60. The van der Waals surface area contributed by atoms with Crippen molar-refractivity contribution in [2.45, 2.75) is 6.92 Å². The first-order valence-electron chi connectivity index (χ1n) is 2.34. The Morgan fingerprint density at radius 1 is 1.70 bits per heavy atom. The van der Waals surface area contributed by atoms with E-state index in [2.05, 4.69) is 0 Å². The SMILES string of the molecule is CCN(C(=O)O)S(=O)(=O)Cl. The maximum atomic E-state index is 10.3. The minimum absolute atomic E-state index is 0.133. The Hall–Kier alpha value is -0.490. The van der Waals surface area contributed by atoms with Crippen LogP contribution in [0.2, 0.25) is 0 Å². The summed E-state index contributed by atoms with van der Waals surface area (Å²) >= 11 is 0. The van der Waals surface area contributed by atoms with E-state index in [0.29, 0.717) is 0 Å². The van der Waals surface area contributed by atoms with Crippen LogP contribution in [0.15, 0.2) is 0 Å². The van der Waals surface area contributed by atoms with Crippen molar-refractivity contribution in [1.29, 1.82) is 0 Å². The second-order valence-electron chi connectivity index (χ2n) is 1.39. The Labute approximate surface area is 62.8 Å². The molecule has 0 aliphatic heterocycles. The highest BCUT2D eigenvalue weighted by atomic mass is 35.7. The van der Waals surface area contributed by atoms with Crippen molar-refractivity contribution in [2.75, 3.05) is 6.54 Å². The minimum atomic E-state index is -4.11. The Bertz CT molecular complexity index is 223. The van der Waals surface area contributed by atoms with Gasteiger partial charge >= 0.3 is 15.3 Å². The van der Waals surface area contributed by atoms with E-state index >= 15 is 0 Å². The Balaban J connectivity index is 4.55. The molecule has 0 aromatic carbocycles. The molecule has 0 heterocycles. The molecule has 0 unspecified atom stereocenters. The number of amides is 1. The molecule has 0 rings (SSSR count). The van der Waals surface area contributed by atoms with E-state index in [1.165, 1.54) is 6.92 Å². The first kappa shape index (κ1) is 9.51. The molecule has 0 fully saturated rings. The number of hydrogen-bond acceptors (Lipinski definition) is 3. The Morgan fingerprint density at radius 3 is 2.10 bits per heavy atom. The predicted octanol–water partition coefficient (Wildman–Crippen LogP) is 0.470. The van der Waals surface area contributed by atoms with Gasteiger partial charge in [0.25, 0.3) is 0 Å². The van der Waals surface area contributed by atoms with Gasteiger partial charge in [-0.3, -0.25) is 0 Å². The van der Waals surface area contributed by atoms with Gasteiger partial charge in [-0.05, 0) is 6.92 Å². The quantitative estimate of drug-likeness (QED) is 0.638. The Kier molecular flexibility index (Phi) is 2.92. The lowest BCUT2D eigenvalue weighted by molar-refractivity contribution is 0.174. The van der Waals surface area contributed by atoms with Crippen LogP contribution < -0.4 is 0 Å². The van der Waals surface area contributed by atoms with Gasteiger partial charge in [0.2, 0.25) is 0 Å². The molecular formula is C3H6ClNO4S. The summed E-state index contributed by atoms with van der Waals surface area (Å²) in [6, 6.07) is 0. The molecule has 7 heteroatoms. The minimum Gasteiger partial charge on any atom is -0.464 e. The van der Waals surface area contributed by atoms with Crippen LogP contribution in [0.4, 0.5) is 4.79 Å². The lowest BCUT2D eigenvalue weighted by Gasteiger charge is -2.10. The zero-order valence-corrected chi connectivity index (χ0v) is 6.68. The van der Waals surface area contributed by atoms with Crippen LogP contribution in [0.3, 0.4) is 0 Å². The van der Waals surface area contributed by atoms with Crippen LogP contribution in [0, 0.1) is 0 Å². The first-order valence-corrected chi connectivity index (χ1v) is 4.61. The highest BCUT2D eigenvalue weighted by Crippen LogP contribution is 2.04. The standard InChI is InChI=1S/C3H6ClNO4S/c1-2-5(3(6)7)10(4,8)9/h2H2,1H3,(H,6,7). The van der Waals surface area contributed by atoms with E-state index in [-0.39, 0.29) is 10.8 Å². The van der Waals surface area contributed by atoms with Gasteiger partial charge in [0.05, 0.1) is 0 Å². The second-order valence-corrected chi connectivity index (χ2v) is 3.82. The smallest absolute Gasteiger partial charge is 0.422 e. The predicted molar refractivity (Wildman–Crippen MR) is 35.2 cm³/mol. The zero-order chi connectivity index (χ0) is 8.36. The molecule has 0 bridgehead atoms. The summed E-state index contributed by atoms with van der Waals surface area (Å²) in [7, 11) is 0.603. The van der Waals surface area contributed by atoms with E-state index in [1.54, 1.807) is 0 Å². The largest absolute Gasteiger partial charge is 0.464 e. The first-order chi connectivity index (χ1) is 4.39. The van der Waals surface area contributed by atoms with Crippen molar-refractivity contribution in [3.8, 4) is 0 Å². The van der Waals surface area contributed by atoms with Crippen molar-refractivity contribution in [3.05, 3.63) is 0 Å². The maximum absolute atomic E-state index is 10.3. The zero-order valence-electron chi connectivity index (χ0n) is 5.11. The van der Waals surface area contributed by atoms with E-state index in [9.17, 15) is 13.2 Å². The van der Waals surface area contributed by atoms with Crippen molar-refractivity contribution in [2.24, 2.45) is 0 Å². The number of rotatable bonds is 2. The van der Waals surface area contributed by atoms with Crippen LogP contribution in [0.5, 0.6) is 0 Å². The van der Waals surface area contributed by atoms with Crippen molar-refractivity contribution < 1.29 is 18.3 Å². The van der Waals surface area contributed by atoms with Gasteiger partial charge in [0.1, 0.15) is 0 Å². The number of halogens is 1. The fraction of sp³-hybridized carbons (Fsp3) is 0.667. The molecule has 0 aliphatic rings. The topological polar surface area (TPSA) is 74.7 Å². The van der Waals surface area contributed by atoms with Crippen molar-refractivity contribution in [3.63, 3.8) is 0 Å². The summed E-state index contributed by atoms with van der Waals surface area (Å²) in [6.07, 6.45) is -1.57. The summed E-state index contributed by atoms with van der Waals surface area (Å²) in [5.74, 6) is 0. The van der Waals surface area contributed by atoms with Gasteiger partial charge in [-0.1, -0.05) is 0 Å². The number of carbonyl (C=O) groups is 1. The van der Waals surface area contributed by atoms with Gasteiger partial charge in [-0.2, -0.15) is 12.7 Å². The molecule has 0 saturated heterocycles. The van der Waals surface area contributed by atoms with Gasteiger partial charge in [-0.15, -0.1) is 0 Å². The Morgan fingerprint density at radius 2 is 2.10 bits per heavy atom. The van der Waals surface area contributed by atoms with Crippen LogP contribution in [-0.2, 0) is 9.24 Å². The number of nitrogens with zero attached hydrogens (tertiary/aromatic N) is 1. The van der Waals surface area contributed by atoms with Crippen LogP contribution in [0.25, 0.3) is 0 Å². The van der Waals surface area contributed by atoms with Gasteiger partial charge in [0, 0.05) is 17.2 Å². The fourth-order valence-corrected chi connectivity index (χ4v) is 1.35. The molecule has 0 spiro atoms. The van der Waals surface area contributed by atoms with E-state index in [0.717, 1.165) is 0 Å². The van der Waals surface area contributed by atoms with Crippen LogP contribution >= 0.6 is 10.7 Å². The molecule has 1 N–H and O–H groups in total. The van der Waals surface area contributed by atoms with E-state index < -0.39 is 15.3 Å². The summed E-state index contributed by atoms with van der Waals surface area (Å²) in [5, 5.41) is 8.17. The molecule has 0 aliphatic carbocycles. The van der Waals surface area contributed by atoms with Gasteiger partial charge < -0.3 is 5.11 Å². The van der Waals surface area contributed by atoms with Crippen LogP contribution in [-0.4, -0.2) is 30.5 Å². The molecular weight excluding hydrogens is 182 g/mol. The highest BCUT2D eigenvalue weighted by molar-refractivity contribution is 8.12. The normalized spacial score (nSPS) is 11.0. The summed E-state index contributed by atoms with van der Waals surface area (Å²) in [6.45, 7) is 1.19. The molecule has 0 atom stereocenters. The van der Waals surface area contributed by atoms with Gasteiger partial charge in [-0.25, -0.2) is 4.79 Å². The highest BCUT2D eigenvalue weighted by Gasteiger charge is 2.21. The summed E-state index contributed by atoms with van der Waals surface area (Å²) in [5.41, 5.74) is 0. The summed E-state index contributed by atoms with van der Waals surface area (Å²) in [4.78, 5) is 10.0. The third-order valence-electron chi connectivity index (χ3n) is 0.764. The molecule has 0 aromatic rings. The number of carboxylic acid groups (broad SMARTS) is 1. The molecule has 0 radical (unpaired) electrons. The van der Waals surface area contributed by atoms with Gasteiger partial charge in [0.15, 0.2) is 0 Å². The molecule has 5 nitrogen and oxygen atoms in total. The number of hydrogen-bond donors (Lipinski definition) is 1. The fourth-order valence-electron chi connectivity index (χ4n) is 0.383. The summed E-state index contributed by atoms with van der Waals surface area (Å²) < 4.78 is 20.8. The maximum Gasteiger partial charge on any atom is 0.422 e. The van der Waals surface area contributed by atoms with E-state index in [1.807, 2.05) is 0 Å². The second kappa shape index (κ2) is 3.07. The molecule has 0 saturated carbocycles. The molecule has 0 aromatic heterocycles. The average molecular weight is 188 g/mol. The molecule has 60 valence electrons. The van der Waals surface area contributed by atoms with E-state index in [4.69, 9.17) is 15.8 Å². The molecule has 10 heavy (non-hydrogen) atoms. The third kappa shape index (κ3) is 2.40. The lowest BCUT2D eigenvalue weighted by Crippen LogP contribution is -2.31. The van der Waals surface area contributed by atoms with Crippen LogP contribution in [0.1, 0.15) is 6.92 Å². The van der Waals surface area contributed by atoms with Crippen molar-refractivity contribution in [1.82, 2.24) is 4.31 Å². The molecule has 1 amide bonds. The van der Waals surface area contributed by atoms with Crippen molar-refractivity contribution >= 4 is 26.0 Å².